The molecule has 0 unspecified atom stereocenters. The maximum atomic E-state index is 9.96. The molecule has 0 aliphatic carbocycles. The molecule has 0 saturated heterocycles. The van der Waals surface area contributed by atoms with E-state index in [9.17, 15) is 4.79 Å². The van der Waals surface area contributed by atoms with Gasteiger partial charge in [0.1, 0.15) is 0 Å². The molecule has 1 heterocycles. The van der Waals surface area contributed by atoms with Gasteiger partial charge in [0.2, 0.25) is 6.08 Å². The van der Waals surface area contributed by atoms with E-state index >= 15 is 0 Å². The molecule has 2 aromatic rings. The van der Waals surface area contributed by atoms with Crippen molar-refractivity contribution >= 4 is 33.2 Å². The van der Waals surface area contributed by atoms with E-state index in [0.29, 0.717) is 5.69 Å². The number of hydrogen-bond donors (Lipinski definition) is 0. The number of aliphatic imine (C=N–C) groups is 1. The zero-order valence-corrected chi connectivity index (χ0v) is 6.97. The third-order valence-electron chi connectivity index (χ3n) is 1.61. The molecule has 0 aliphatic rings. The van der Waals surface area contributed by atoms with Crippen LogP contribution >= 0.6 is 11.3 Å². The lowest BCUT2D eigenvalue weighted by atomic mass is 10.2. The first-order valence-electron chi connectivity index (χ1n) is 3.45. The zero-order chi connectivity index (χ0) is 8.39. The Morgan fingerprint density at radius 1 is 1.33 bits per heavy atom. The largest absolute Gasteiger partial charge is 0.240 e. The Hall–Kier alpha value is -1.44. The molecule has 0 saturated carbocycles. The zero-order valence-electron chi connectivity index (χ0n) is 6.15. The molecule has 0 aliphatic heterocycles. The molecule has 1 aromatic carbocycles. The first kappa shape index (κ1) is 7.22. The van der Waals surface area contributed by atoms with Gasteiger partial charge in [-0.25, -0.2) is 4.79 Å². The van der Waals surface area contributed by atoms with Gasteiger partial charge in [0, 0.05) is 4.70 Å². The van der Waals surface area contributed by atoms with Gasteiger partial charge in [-0.2, -0.15) is 4.99 Å². The predicted molar refractivity (Wildman–Crippen MR) is 49.6 cm³/mol. The molecule has 12 heavy (non-hydrogen) atoms. The average Bonchev–Trinajstić information content (AvgIpc) is 2.51. The van der Waals surface area contributed by atoms with E-state index in [1.807, 2.05) is 23.6 Å². The summed E-state index contributed by atoms with van der Waals surface area (Å²) in [5.74, 6) is 0. The molecule has 0 fully saturated rings. The maximum Gasteiger partial charge on any atom is 0.240 e. The second kappa shape index (κ2) is 2.89. The first-order valence-corrected chi connectivity index (χ1v) is 4.33. The van der Waals surface area contributed by atoms with Gasteiger partial charge in [-0.1, -0.05) is 6.07 Å². The van der Waals surface area contributed by atoms with E-state index in [1.54, 1.807) is 17.4 Å². The number of rotatable bonds is 1. The highest BCUT2D eigenvalue weighted by Gasteiger charge is 1.94. The highest BCUT2D eigenvalue weighted by atomic mass is 32.1. The standard InChI is InChI=1S/C9H5NOS/c11-6-10-8-2-1-7-3-4-12-9(7)5-8/h1-5H. The fourth-order valence-corrected chi connectivity index (χ4v) is 1.89. The van der Waals surface area contributed by atoms with Gasteiger partial charge in [-0.15, -0.1) is 11.3 Å². The summed E-state index contributed by atoms with van der Waals surface area (Å²) in [4.78, 5) is 13.5. The molecule has 58 valence electrons. The third-order valence-corrected chi connectivity index (χ3v) is 2.49. The van der Waals surface area contributed by atoms with Gasteiger partial charge < -0.3 is 0 Å². The van der Waals surface area contributed by atoms with Crippen LogP contribution in [-0.2, 0) is 4.79 Å². The predicted octanol–water partition coefficient (Wildman–Crippen LogP) is 2.87. The number of benzene rings is 1. The minimum absolute atomic E-state index is 0.667. The van der Waals surface area contributed by atoms with E-state index in [1.165, 1.54) is 11.5 Å². The normalized spacial score (nSPS) is 9.67. The molecular weight excluding hydrogens is 170 g/mol. The van der Waals surface area contributed by atoms with Gasteiger partial charge in [-0.3, -0.25) is 0 Å². The highest BCUT2D eigenvalue weighted by Crippen LogP contribution is 2.25. The van der Waals surface area contributed by atoms with Crippen LogP contribution in [0.25, 0.3) is 10.1 Å². The van der Waals surface area contributed by atoms with E-state index < -0.39 is 0 Å². The maximum absolute atomic E-state index is 9.96. The lowest BCUT2D eigenvalue weighted by Gasteiger charge is -1.89. The summed E-state index contributed by atoms with van der Waals surface area (Å²) in [6, 6.07) is 7.67. The number of isocyanates is 1. The van der Waals surface area contributed by atoms with Crippen LogP contribution in [0.5, 0.6) is 0 Å². The van der Waals surface area contributed by atoms with Crippen LogP contribution in [0.3, 0.4) is 0 Å². The van der Waals surface area contributed by atoms with Crippen molar-refractivity contribution in [2.45, 2.75) is 0 Å². The Morgan fingerprint density at radius 3 is 3.08 bits per heavy atom. The van der Waals surface area contributed by atoms with Gasteiger partial charge in [-0.05, 0) is 29.0 Å². The van der Waals surface area contributed by atoms with Crippen molar-refractivity contribution in [3.63, 3.8) is 0 Å². The van der Waals surface area contributed by atoms with Gasteiger partial charge in [0.25, 0.3) is 0 Å². The van der Waals surface area contributed by atoms with Crippen LogP contribution in [0.2, 0.25) is 0 Å². The van der Waals surface area contributed by atoms with Crippen LogP contribution in [0.4, 0.5) is 5.69 Å². The SMILES string of the molecule is O=C=Nc1ccc2ccsc2c1. The lowest BCUT2D eigenvalue weighted by molar-refractivity contribution is 0.565. The number of thiophene rings is 1. The van der Waals surface area contributed by atoms with Crippen LogP contribution in [0.15, 0.2) is 34.6 Å². The third kappa shape index (κ3) is 1.16. The fraction of sp³-hybridized carbons (Fsp3) is 0. The molecule has 0 N–H and O–H groups in total. The summed E-state index contributed by atoms with van der Waals surface area (Å²) in [7, 11) is 0. The van der Waals surface area contributed by atoms with Gasteiger partial charge in [0.15, 0.2) is 0 Å². The molecule has 2 nitrogen and oxygen atoms in total. The Labute approximate surface area is 73.2 Å². The monoisotopic (exact) mass is 175 g/mol. The summed E-state index contributed by atoms with van der Waals surface area (Å²) in [5.41, 5.74) is 0.667. The van der Waals surface area contributed by atoms with Crippen LogP contribution in [-0.4, -0.2) is 6.08 Å². The molecule has 2 rings (SSSR count). The summed E-state index contributed by atoms with van der Waals surface area (Å²) in [6.45, 7) is 0. The number of hydrogen-bond acceptors (Lipinski definition) is 3. The van der Waals surface area contributed by atoms with Crippen molar-refractivity contribution in [3.8, 4) is 0 Å². The van der Waals surface area contributed by atoms with E-state index in [0.717, 1.165) is 4.70 Å². The number of carbonyl (C=O) groups excluding carboxylic acids is 1. The van der Waals surface area contributed by atoms with Crippen LogP contribution < -0.4 is 0 Å². The van der Waals surface area contributed by atoms with Crippen molar-refractivity contribution in [3.05, 3.63) is 29.6 Å². The second-order valence-electron chi connectivity index (χ2n) is 2.35. The summed E-state index contributed by atoms with van der Waals surface area (Å²) >= 11 is 1.64. The molecule has 0 radical (unpaired) electrons. The first-order chi connectivity index (χ1) is 5.90. The molecule has 3 heteroatoms. The Bertz CT molecular complexity index is 454. The fourth-order valence-electron chi connectivity index (χ4n) is 1.07. The van der Waals surface area contributed by atoms with Gasteiger partial charge in [0.05, 0.1) is 5.69 Å². The Morgan fingerprint density at radius 2 is 2.25 bits per heavy atom. The average molecular weight is 175 g/mol. The molecule has 0 bridgehead atoms. The Balaban J connectivity index is 2.67. The van der Waals surface area contributed by atoms with E-state index in [-0.39, 0.29) is 0 Å². The van der Waals surface area contributed by atoms with Crippen molar-refractivity contribution in [1.82, 2.24) is 0 Å². The smallest absolute Gasteiger partial charge is 0.211 e. The van der Waals surface area contributed by atoms with Crippen molar-refractivity contribution in [2.75, 3.05) is 0 Å². The number of nitrogens with zero attached hydrogens (tertiary/aromatic N) is 1. The quantitative estimate of drug-likeness (QED) is 0.484. The lowest BCUT2D eigenvalue weighted by Crippen LogP contribution is -1.63. The minimum Gasteiger partial charge on any atom is -0.211 e. The highest BCUT2D eigenvalue weighted by molar-refractivity contribution is 7.17. The van der Waals surface area contributed by atoms with Crippen molar-refractivity contribution < 1.29 is 4.79 Å². The molecule has 0 amide bonds. The summed E-state index contributed by atoms with van der Waals surface area (Å²) < 4.78 is 1.14. The van der Waals surface area contributed by atoms with Crippen LogP contribution in [0, 0.1) is 0 Å². The Kier molecular flexibility index (Phi) is 1.74. The molecule has 0 spiro atoms. The molecule has 0 atom stereocenters. The van der Waals surface area contributed by atoms with Crippen LogP contribution in [0.1, 0.15) is 0 Å². The number of fused-ring (bicyclic) bond motifs is 1. The van der Waals surface area contributed by atoms with Crippen molar-refractivity contribution in [1.29, 1.82) is 0 Å². The minimum atomic E-state index is 0.667. The van der Waals surface area contributed by atoms with Crippen molar-refractivity contribution in [2.24, 2.45) is 4.99 Å². The topological polar surface area (TPSA) is 29.4 Å². The van der Waals surface area contributed by atoms with E-state index in [2.05, 4.69) is 4.99 Å². The summed E-state index contributed by atoms with van der Waals surface area (Å²) in [6.07, 6.45) is 1.52. The van der Waals surface area contributed by atoms with E-state index in [4.69, 9.17) is 0 Å². The summed E-state index contributed by atoms with van der Waals surface area (Å²) in [5, 5.41) is 3.20. The molecular formula is C9H5NOS. The second-order valence-corrected chi connectivity index (χ2v) is 3.29. The molecule has 1 aromatic heterocycles. The van der Waals surface area contributed by atoms with Gasteiger partial charge >= 0.3 is 0 Å².